The molecule has 20 heavy (non-hydrogen) atoms. The van der Waals surface area contributed by atoms with Gasteiger partial charge < -0.3 is 15.4 Å². The number of nitrogens with two attached hydrogens (primary N) is 1. The van der Waals surface area contributed by atoms with E-state index in [2.05, 4.69) is 6.92 Å². The van der Waals surface area contributed by atoms with Crippen molar-refractivity contribution < 1.29 is 9.53 Å². The number of nitrogens with zero attached hydrogens (tertiary/aromatic N) is 1. The van der Waals surface area contributed by atoms with Gasteiger partial charge in [0.25, 0.3) is 0 Å². The van der Waals surface area contributed by atoms with Crippen molar-refractivity contribution in [3.63, 3.8) is 0 Å². The molecule has 0 aliphatic carbocycles. The second kappa shape index (κ2) is 6.86. The van der Waals surface area contributed by atoms with E-state index in [-0.39, 0.29) is 18.1 Å². The Balaban J connectivity index is 2.01. The molecule has 1 heterocycles. The lowest BCUT2D eigenvalue weighted by atomic mass is 10.0. The summed E-state index contributed by atoms with van der Waals surface area (Å²) in [6.45, 7) is 5.32. The second-order valence-electron chi connectivity index (χ2n) is 5.49. The van der Waals surface area contributed by atoms with Crippen molar-refractivity contribution in [3.8, 4) is 0 Å². The van der Waals surface area contributed by atoms with Gasteiger partial charge in [-0.25, -0.2) is 0 Å². The van der Waals surface area contributed by atoms with Crippen LogP contribution in [0.2, 0.25) is 0 Å². The van der Waals surface area contributed by atoms with Gasteiger partial charge in [0.15, 0.2) is 0 Å². The molecule has 1 saturated heterocycles. The summed E-state index contributed by atoms with van der Waals surface area (Å²) in [7, 11) is 0. The van der Waals surface area contributed by atoms with E-state index in [4.69, 9.17) is 10.5 Å². The molecule has 0 saturated carbocycles. The molecule has 0 spiro atoms. The Morgan fingerprint density at radius 1 is 1.45 bits per heavy atom. The third-order valence-electron chi connectivity index (χ3n) is 3.84. The van der Waals surface area contributed by atoms with Crippen LogP contribution in [0.25, 0.3) is 0 Å². The molecule has 1 aliphatic heterocycles. The van der Waals surface area contributed by atoms with Crippen molar-refractivity contribution in [2.24, 2.45) is 5.73 Å². The molecule has 0 radical (unpaired) electrons. The zero-order valence-corrected chi connectivity index (χ0v) is 12.3. The number of carbonyl (C=O) groups excluding carboxylic acids is 1. The summed E-state index contributed by atoms with van der Waals surface area (Å²) in [5.74, 6) is 0.0378. The van der Waals surface area contributed by atoms with Crippen molar-refractivity contribution in [2.45, 2.75) is 44.9 Å². The van der Waals surface area contributed by atoms with Crippen LogP contribution in [0.4, 0.5) is 0 Å². The highest BCUT2D eigenvalue weighted by Gasteiger charge is 2.31. The highest BCUT2D eigenvalue weighted by Crippen LogP contribution is 2.16. The zero-order chi connectivity index (χ0) is 14.5. The average Bonchev–Trinajstić information content (AvgIpc) is 2.47. The van der Waals surface area contributed by atoms with Crippen LogP contribution >= 0.6 is 0 Å². The highest BCUT2D eigenvalue weighted by molar-refractivity contribution is 5.82. The predicted molar refractivity (Wildman–Crippen MR) is 79.3 cm³/mol. The first-order valence-electron chi connectivity index (χ1n) is 7.33. The number of carbonyl (C=O) groups is 1. The molecule has 3 atom stereocenters. The van der Waals surface area contributed by atoms with Crippen LogP contribution in [-0.4, -0.2) is 42.1 Å². The number of benzene rings is 1. The normalized spacial score (nSPS) is 24.4. The number of hydrogen-bond acceptors (Lipinski definition) is 3. The minimum absolute atomic E-state index is 0.0378. The Morgan fingerprint density at radius 3 is 2.80 bits per heavy atom. The first-order chi connectivity index (χ1) is 9.61. The molecule has 4 nitrogen and oxygen atoms in total. The maximum Gasteiger partial charge on any atom is 0.240 e. The van der Waals surface area contributed by atoms with Crippen molar-refractivity contribution in [3.05, 3.63) is 35.9 Å². The Bertz CT molecular complexity index is 435. The maximum absolute atomic E-state index is 12.6. The first kappa shape index (κ1) is 15.0. The molecule has 2 N–H and O–H groups in total. The van der Waals surface area contributed by atoms with Crippen molar-refractivity contribution in [1.82, 2.24) is 4.90 Å². The molecular formula is C16H24N2O2. The molecule has 110 valence electrons. The monoisotopic (exact) mass is 276 g/mol. The van der Waals surface area contributed by atoms with E-state index >= 15 is 0 Å². The third-order valence-corrected chi connectivity index (χ3v) is 3.84. The van der Waals surface area contributed by atoms with E-state index in [1.165, 1.54) is 0 Å². The summed E-state index contributed by atoms with van der Waals surface area (Å²) in [5, 5.41) is 0. The molecule has 1 aromatic carbocycles. The van der Waals surface area contributed by atoms with E-state index in [0.29, 0.717) is 19.6 Å². The summed E-state index contributed by atoms with van der Waals surface area (Å²) >= 11 is 0. The van der Waals surface area contributed by atoms with Gasteiger partial charge in [-0.15, -0.1) is 0 Å². The Hall–Kier alpha value is -1.39. The molecule has 4 heteroatoms. The lowest BCUT2D eigenvalue weighted by Gasteiger charge is -2.39. The first-order valence-corrected chi connectivity index (χ1v) is 7.33. The SMILES string of the molecule is CCC1COC(C)CN1C(=O)[C@@H](N)Cc1ccccc1. The zero-order valence-electron chi connectivity index (χ0n) is 12.3. The van der Waals surface area contributed by atoms with E-state index in [1.54, 1.807) is 0 Å². The Labute approximate surface area is 120 Å². The lowest BCUT2D eigenvalue weighted by molar-refractivity contribution is -0.145. The molecule has 1 amide bonds. The Kier molecular flexibility index (Phi) is 5.15. The van der Waals surface area contributed by atoms with Crippen LogP contribution in [0.15, 0.2) is 30.3 Å². The number of ether oxygens (including phenoxy) is 1. The van der Waals surface area contributed by atoms with Crippen molar-refractivity contribution in [2.75, 3.05) is 13.2 Å². The number of morpholine rings is 1. The van der Waals surface area contributed by atoms with Crippen LogP contribution in [-0.2, 0) is 16.0 Å². The molecular weight excluding hydrogens is 252 g/mol. The largest absolute Gasteiger partial charge is 0.375 e. The van der Waals surface area contributed by atoms with E-state index in [0.717, 1.165) is 12.0 Å². The van der Waals surface area contributed by atoms with Gasteiger partial charge in [0.05, 0.1) is 24.8 Å². The number of rotatable bonds is 4. The van der Waals surface area contributed by atoms with Gasteiger partial charge in [-0.05, 0) is 25.3 Å². The molecule has 1 aliphatic rings. The van der Waals surface area contributed by atoms with Crippen LogP contribution in [0.5, 0.6) is 0 Å². The number of hydrogen-bond donors (Lipinski definition) is 1. The van der Waals surface area contributed by atoms with Crippen molar-refractivity contribution >= 4 is 5.91 Å². The predicted octanol–water partition coefficient (Wildman–Crippen LogP) is 1.58. The van der Waals surface area contributed by atoms with Gasteiger partial charge in [-0.3, -0.25) is 4.79 Å². The van der Waals surface area contributed by atoms with Crippen LogP contribution in [0.1, 0.15) is 25.8 Å². The molecule has 1 aromatic rings. The highest BCUT2D eigenvalue weighted by atomic mass is 16.5. The summed E-state index contributed by atoms with van der Waals surface area (Å²) in [6, 6.07) is 9.60. The Morgan fingerprint density at radius 2 is 2.15 bits per heavy atom. The third kappa shape index (κ3) is 3.58. The van der Waals surface area contributed by atoms with Gasteiger partial charge >= 0.3 is 0 Å². The smallest absolute Gasteiger partial charge is 0.240 e. The van der Waals surface area contributed by atoms with Gasteiger partial charge in [-0.1, -0.05) is 37.3 Å². The van der Waals surface area contributed by atoms with E-state index in [9.17, 15) is 4.79 Å². The quantitative estimate of drug-likeness (QED) is 0.908. The molecule has 1 fully saturated rings. The summed E-state index contributed by atoms with van der Waals surface area (Å²) in [5.41, 5.74) is 7.21. The van der Waals surface area contributed by atoms with Crippen LogP contribution in [0.3, 0.4) is 0 Å². The van der Waals surface area contributed by atoms with E-state index < -0.39 is 6.04 Å². The van der Waals surface area contributed by atoms with Crippen LogP contribution in [0, 0.1) is 0 Å². The summed E-state index contributed by atoms with van der Waals surface area (Å²) in [4.78, 5) is 14.5. The minimum Gasteiger partial charge on any atom is -0.375 e. The number of amides is 1. The molecule has 2 rings (SSSR count). The van der Waals surface area contributed by atoms with Gasteiger partial charge in [0.2, 0.25) is 5.91 Å². The lowest BCUT2D eigenvalue weighted by Crippen LogP contribution is -2.56. The second-order valence-corrected chi connectivity index (χ2v) is 5.49. The fourth-order valence-electron chi connectivity index (χ4n) is 2.62. The van der Waals surface area contributed by atoms with Crippen molar-refractivity contribution in [1.29, 1.82) is 0 Å². The fourth-order valence-corrected chi connectivity index (χ4v) is 2.62. The van der Waals surface area contributed by atoms with E-state index in [1.807, 2.05) is 42.2 Å². The van der Waals surface area contributed by atoms with Crippen LogP contribution < -0.4 is 5.73 Å². The maximum atomic E-state index is 12.6. The standard InChI is InChI=1S/C16H24N2O2/c1-3-14-11-20-12(2)10-18(14)16(19)15(17)9-13-7-5-4-6-8-13/h4-8,12,14-15H,3,9-11,17H2,1-2H3/t12?,14?,15-/m0/s1. The fraction of sp³-hybridized carbons (Fsp3) is 0.562. The average molecular weight is 276 g/mol. The summed E-state index contributed by atoms with van der Waals surface area (Å²) in [6.07, 6.45) is 1.57. The minimum atomic E-state index is -0.475. The topological polar surface area (TPSA) is 55.6 Å². The molecule has 0 bridgehead atoms. The van der Waals surface area contributed by atoms with Gasteiger partial charge in [0.1, 0.15) is 0 Å². The summed E-state index contributed by atoms with van der Waals surface area (Å²) < 4.78 is 5.63. The molecule has 2 unspecified atom stereocenters. The van der Waals surface area contributed by atoms with Gasteiger partial charge in [0, 0.05) is 6.54 Å². The van der Waals surface area contributed by atoms with Gasteiger partial charge in [-0.2, -0.15) is 0 Å². The molecule has 0 aromatic heterocycles.